The van der Waals surface area contributed by atoms with E-state index < -0.39 is 42.7 Å². The number of imide groups is 1. The minimum Gasteiger partial charge on any atom is -0.454 e. The zero-order chi connectivity index (χ0) is 25.1. The molecule has 2 aromatic rings. The summed E-state index contributed by atoms with van der Waals surface area (Å²) in [4.78, 5) is 74.7. The van der Waals surface area contributed by atoms with Crippen LogP contribution in [0.15, 0.2) is 42.5 Å². The van der Waals surface area contributed by atoms with E-state index in [2.05, 4.69) is 10.6 Å². The number of nitrogens with one attached hydrogen (secondary N) is 2. The van der Waals surface area contributed by atoms with E-state index in [4.69, 9.17) is 4.74 Å². The second-order valence-electron chi connectivity index (χ2n) is 8.02. The molecule has 0 aromatic heterocycles. The Morgan fingerprint density at radius 1 is 0.971 bits per heavy atom. The number of esters is 1. The largest absolute Gasteiger partial charge is 0.454 e. The smallest absolute Gasteiger partial charge is 0.325 e. The molecule has 0 spiro atoms. The van der Waals surface area contributed by atoms with Crippen molar-refractivity contribution in [1.82, 2.24) is 10.2 Å². The highest BCUT2D eigenvalue weighted by atomic mass is 16.5. The number of rotatable bonds is 7. The van der Waals surface area contributed by atoms with Gasteiger partial charge in [-0.3, -0.25) is 33.7 Å². The second-order valence-corrected chi connectivity index (χ2v) is 8.02. The summed E-state index contributed by atoms with van der Waals surface area (Å²) in [5.74, 6) is -2.82. The lowest BCUT2D eigenvalue weighted by molar-refractivity contribution is -0.146. The van der Waals surface area contributed by atoms with Crippen LogP contribution in [0.5, 0.6) is 0 Å². The normalized spacial score (nSPS) is 14.7. The summed E-state index contributed by atoms with van der Waals surface area (Å²) < 4.78 is 4.87. The van der Waals surface area contributed by atoms with Gasteiger partial charge < -0.3 is 20.3 Å². The number of carbonyl (C=O) groups is 6. The van der Waals surface area contributed by atoms with Gasteiger partial charge in [-0.05, 0) is 48.9 Å². The molecule has 4 rings (SSSR count). The van der Waals surface area contributed by atoms with E-state index in [0.717, 1.165) is 11.3 Å². The Balaban J connectivity index is 1.22. The highest BCUT2D eigenvalue weighted by molar-refractivity contribution is 6.21. The lowest BCUT2D eigenvalue weighted by Gasteiger charge is -2.15. The van der Waals surface area contributed by atoms with Crippen molar-refractivity contribution in [3.63, 3.8) is 0 Å². The predicted molar refractivity (Wildman–Crippen MR) is 123 cm³/mol. The molecule has 2 heterocycles. The molecule has 0 bridgehead atoms. The lowest BCUT2D eigenvalue weighted by atomic mass is 10.1. The van der Waals surface area contributed by atoms with Gasteiger partial charge in [-0.1, -0.05) is 0 Å². The first-order chi connectivity index (χ1) is 16.7. The molecule has 0 atom stereocenters. The van der Waals surface area contributed by atoms with Crippen molar-refractivity contribution in [3.8, 4) is 0 Å². The summed E-state index contributed by atoms with van der Waals surface area (Å²) in [7, 11) is 1.37. The zero-order valence-corrected chi connectivity index (χ0v) is 18.8. The third-order valence-corrected chi connectivity index (χ3v) is 5.65. The van der Waals surface area contributed by atoms with Crippen LogP contribution in [0.25, 0.3) is 0 Å². The molecule has 0 unspecified atom stereocenters. The van der Waals surface area contributed by atoms with Gasteiger partial charge in [0.15, 0.2) is 6.61 Å². The van der Waals surface area contributed by atoms with Crippen LogP contribution in [-0.4, -0.2) is 67.1 Å². The fourth-order valence-corrected chi connectivity index (χ4v) is 3.80. The van der Waals surface area contributed by atoms with E-state index >= 15 is 0 Å². The molecule has 2 aliphatic rings. The number of ether oxygens (including phenoxy) is 1. The molecule has 0 radical (unpaired) electrons. The molecule has 11 heteroatoms. The summed E-state index contributed by atoms with van der Waals surface area (Å²) in [5.41, 5.74) is 1.71. The summed E-state index contributed by atoms with van der Waals surface area (Å²) >= 11 is 0. The molecular formula is C24H22N4O7. The molecule has 0 aliphatic carbocycles. The van der Waals surface area contributed by atoms with Gasteiger partial charge in [0.25, 0.3) is 23.6 Å². The van der Waals surface area contributed by atoms with Gasteiger partial charge in [-0.25, -0.2) is 0 Å². The zero-order valence-electron chi connectivity index (χ0n) is 18.8. The fourth-order valence-electron chi connectivity index (χ4n) is 3.80. The molecule has 1 saturated heterocycles. The number of benzene rings is 2. The predicted octanol–water partition coefficient (Wildman–Crippen LogP) is 0.951. The van der Waals surface area contributed by atoms with Crippen LogP contribution in [0.3, 0.4) is 0 Å². The van der Waals surface area contributed by atoms with Crippen LogP contribution in [0, 0.1) is 0 Å². The Morgan fingerprint density at radius 2 is 1.69 bits per heavy atom. The molecule has 0 saturated carbocycles. The maximum Gasteiger partial charge on any atom is 0.325 e. The van der Waals surface area contributed by atoms with Crippen molar-refractivity contribution < 1.29 is 33.5 Å². The third-order valence-electron chi connectivity index (χ3n) is 5.65. The topological polar surface area (TPSA) is 142 Å². The quantitative estimate of drug-likeness (QED) is 0.446. The number of carbonyl (C=O) groups excluding carboxylic acids is 6. The molecular weight excluding hydrogens is 456 g/mol. The van der Waals surface area contributed by atoms with Crippen molar-refractivity contribution in [2.75, 3.05) is 37.0 Å². The van der Waals surface area contributed by atoms with Crippen molar-refractivity contribution in [1.29, 1.82) is 0 Å². The van der Waals surface area contributed by atoms with Crippen molar-refractivity contribution in [3.05, 3.63) is 59.2 Å². The van der Waals surface area contributed by atoms with Gasteiger partial charge in [0.2, 0.25) is 5.91 Å². The van der Waals surface area contributed by atoms with Gasteiger partial charge in [0.05, 0.1) is 11.1 Å². The van der Waals surface area contributed by atoms with E-state index in [1.54, 1.807) is 29.2 Å². The average Bonchev–Trinajstić information content (AvgIpc) is 3.38. The van der Waals surface area contributed by atoms with E-state index in [1.807, 2.05) is 0 Å². The fraction of sp³-hybridized carbons (Fsp3) is 0.250. The Labute approximate surface area is 200 Å². The standard InChI is InChI=1S/C24H22N4O7/c1-27-23(33)17-9-6-15(11-18(17)24(27)34)26-19(29)13-35-21(31)12-25-22(32)14-4-7-16(8-5-14)28-10-2-3-20(28)30/h4-9,11H,2-3,10,12-13H2,1H3,(H,25,32)(H,26,29). The van der Waals surface area contributed by atoms with Crippen LogP contribution >= 0.6 is 0 Å². The lowest BCUT2D eigenvalue weighted by Crippen LogP contribution is -2.32. The number of nitrogens with zero attached hydrogens (tertiary/aromatic N) is 2. The van der Waals surface area contributed by atoms with Gasteiger partial charge in [0.1, 0.15) is 6.54 Å². The number of anilines is 2. The number of hydrogen-bond acceptors (Lipinski definition) is 7. The Hall–Kier alpha value is -4.54. The van der Waals surface area contributed by atoms with E-state index in [-0.39, 0.29) is 22.7 Å². The molecule has 2 N–H and O–H groups in total. The van der Waals surface area contributed by atoms with Gasteiger partial charge in [0, 0.05) is 37.0 Å². The van der Waals surface area contributed by atoms with Crippen LogP contribution < -0.4 is 15.5 Å². The van der Waals surface area contributed by atoms with Gasteiger partial charge in [-0.2, -0.15) is 0 Å². The average molecular weight is 478 g/mol. The number of amides is 5. The van der Waals surface area contributed by atoms with Crippen molar-refractivity contribution in [2.24, 2.45) is 0 Å². The molecule has 11 nitrogen and oxygen atoms in total. The van der Waals surface area contributed by atoms with Crippen LogP contribution in [0.2, 0.25) is 0 Å². The Kier molecular flexibility index (Phi) is 6.58. The number of hydrogen-bond donors (Lipinski definition) is 2. The third kappa shape index (κ3) is 5.03. The van der Waals surface area contributed by atoms with E-state index in [9.17, 15) is 28.8 Å². The maximum absolute atomic E-state index is 12.3. The minimum absolute atomic E-state index is 0.0429. The van der Waals surface area contributed by atoms with Gasteiger partial charge in [-0.15, -0.1) is 0 Å². The van der Waals surface area contributed by atoms with Crippen LogP contribution in [-0.2, 0) is 19.1 Å². The molecule has 2 aromatic carbocycles. The van der Waals surface area contributed by atoms with Crippen molar-refractivity contribution >= 4 is 46.9 Å². The second kappa shape index (κ2) is 9.75. The Bertz CT molecular complexity index is 1240. The summed E-state index contributed by atoms with van der Waals surface area (Å²) in [6.45, 7) is -0.400. The minimum atomic E-state index is -0.816. The van der Waals surface area contributed by atoms with E-state index in [1.165, 1.54) is 25.2 Å². The van der Waals surface area contributed by atoms with E-state index in [0.29, 0.717) is 24.2 Å². The summed E-state index contributed by atoms with van der Waals surface area (Å²) in [5, 5.41) is 4.90. The maximum atomic E-state index is 12.3. The van der Waals surface area contributed by atoms with Crippen LogP contribution in [0.4, 0.5) is 11.4 Å². The Morgan fingerprint density at radius 3 is 2.37 bits per heavy atom. The summed E-state index contributed by atoms with van der Waals surface area (Å²) in [6.07, 6.45) is 1.31. The monoisotopic (exact) mass is 478 g/mol. The first-order valence-electron chi connectivity index (χ1n) is 10.8. The highest BCUT2D eigenvalue weighted by Crippen LogP contribution is 2.25. The molecule has 2 aliphatic heterocycles. The first-order valence-corrected chi connectivity index (χ1v) is 10.8. The molecule has 1 fully saturated rings. The molecule has 5 amide bonds. The molecule has 180 valence electrons. The molecule has 35 heavy (non-hydrogen) atoms. The highest BCUT2D eigenvalue weighted by Gasteiger charge is 2.32. The first kappa shape index (κ1) is 23.6. The number of fused-ring (bicyclic) bond motifs is 1. The van der Waals surface area contributed by atoms with Crippen molar-refractivity contribution in [2.45, 2.75) is 12.8 Å². The SMILES string of the molecule is CN1C(=O)c2ccc(NC(=O)COC(=O)CNC(=O)c3ccc(N4CCCC4=O)cc3)cc2C1=O. The van der Waals surface area contributed by atoms with Gasteiger partial charge >= 0.3 is 5.97 Å². The summed E-state index contributed by atoms with van der Waals surface area (Å²) in [6, 6.07) is 10.7. The van der Waals surface area contributed by atoms with Crippen LogP contribution in [0.1, 0.15) is 43.9 Å².